The standard InChI is InChI=1S/C22H19Cl4NO2S/c1-14(27-30(28,29)21-12-19(25)11-20(26)13-21)22(16-4-8-18(24)9-5-16)10-15-2-6-17(23)7-3-15/h2-9,11-14,22,27H,10H2,1H3. The predicted octanol–water partition coefficient (Wildman–Crippen LogP) is 6.99. The first-order valence-electron chi connectivity index (χ1n) is 9.12. The van der Waals surface area contributed by atoms with Crippen LogP contribution in [0.1, 0.15) is 24.0 Å². The van der Waals surface area contributed by atoms with Gasteiger partial charge in [-0.2, -0.15) is 0 Å². The van der Waals surface area contributed by atoms with E-state index in [1.807, 2.05) is 43.3 Å². The molecule has 0 spiro atoms. The van der Waals surface area contributed by atoms with E-state index in [0.29, 0.717) is 16.5 Å². The summed E-state index contributed by atoms with van der Waals surface area (Å²) < 4.78 is 28.7. The molecule has 0 aliphatic rings. The molecule has 3 aromatic carbocycles. The average molecular weight is 503 g/mol. The molecule has 158 valence electrons. The molecule has 0 saturated carbocycles. The molecule has 2 unspecified atom stereocenters. The minimum atomic E-state index is -3.83. The second-order valence-electron chi connectivity index (χ2n) is 7.00. The third-order valence-corrected chi connectivity index (χ3v) is 7.24. The van der Waals surface area contributed by atoms with E-state index in [9.17, 15) is 8.42 Å². The number of hydrogen-bond acceptors (Lipinski definition) is 2. The second-order valence-corrected chi connectivity index (χ2v) is 10.5. The lowest BCUT2D eigenvalue weighted by molar-refractivity contribution is 0.503. The van der Waals surface area contributed by atoms with Crippen molar-refractivity contribution >= 4 is 56.4 Å². The maximum absolute atomic E-state index is 13.0. The highest BCUT2D eigenvalue weighted by Crippen LogP contribution is 2.29. The Kier molecular flexibility index (Phi) is 7.72. The molecule has 0 aromatic heterocycles. The predicted molar refractivity (Wildman–Crippen MR) is 126 cm³/mol. The van der Waals surface area contributed by atoms with Gasteiger partial charge in [0.15, 0.2) is 0 Å². The van der Waals surface area contributed by atoms with E-state index >= 15 is 0 Å². The quantitative estimate of drug-likeness (QED) is 0.378. The zero-order valence-corrected chi connectivity index (χ0v) is 19.8. The Balaban J connectivity index is 1.91. The van der Waals surface area contributed by atoms with Crippen molar-refractivity contribution in [1.29, 1.82) is 0 Å². The van der Waals surface area contributed by atoms with Crippen LogP contribution in [0, 0.1) is 0 Å². The Morgan fingerprint density at radius 2 is 1.27 bits per heavy atom. The van der Waals surface area contributed by atoms with Gasteiger partial charge >= 0.3 is 0 Å². The Morgan fingerprint density at radius 1 is 0.767 bits per heavy atom. The smallest absolute Gasteiger partial charge is 0.208 e. The van der Waals surface area contributed by atoms with Crippen molar-refractivity contribution in [3.05, 3.63) is 97.9 Å². The Labute approximate surface area is 197 Å². The van der Waals surface area contributed by atoms with Crippen LogP contribution in [-0.2, 0) is 16.4 Å². The zero-order chi connectivity index (χ0) is 21.9. The lowest BCUT2D eigenvalue weighted by Gasteiger charge is -2.26. The highest BCUT2D eigenvalue weighted by molar-refractivity contribution is 7.89. The highest BCUT2D eigenvalue weighted by Gasteiger charge is 2.26. The summed E-state index contributed by atoms with van der Waals surface area (Å²) in [6.45, 7) is 1.83. The molecule has 3 nitrogen and oxygen atoms in total. The molecular weight excluding hydrogens is 484 g/mol. The first-order valence-corrected chi connectivity index (χ1v) is 12.1. The topological polar surface area (TPSA) is 46.2 Å². The summed E-state index contributed by atoms with van der Waals surface area (Å²) in [5, 5.41) is 1.77. The van der Waals surface area contributed by atoms with Crippen LogP contribution in [0.15, 0.2) is 71.6 Å². The van der Waals surface area contributed by atoms with Gasteiger partial charge in [-0.05, 0) is 66.9 Å². The van der Waals surface area contributed by atoms with E-state index in [0.717, 1.165) is 11.1 Å². The van der Waals surface area contributed by atoms with Crippen LogP contribution in [0.2, 0.25) is 20.1 Å². The van der Waals surface area contributed by atoms with Crippen molar-refractivity contribution in [1.82, 2.24) is 4.72 Å². The van der Waals surface area contributed by atoms with Gasteiger partial charge in [0.05, 0.1) is 4.90 Å². The number of hydrogen-bond donors (Lipinski definition) is 1. The summed E-state index contributed by atoms with van der Waals surface area (Å²) in [7, 11) is -3.83. The van der Waals surface area contributed by atoms with Crippen LogP contribution in [0.5, 0.6) is 0 Å². The molecule has 0 amide bonds. The Morgan fingerprint density at radius 3 is 1.80 bits per heavy atom. The third kappa shape index (κ3) is 6.13. The fraction of sp³-hybridized carbons (Fsp3) is 0.182. The van der Waals surface area contributed by atoms with Gasteiger partial charge in [-0.3, -0.25) is 0 Å². The molecule has 30 heavy (non-hydrogen) atoms. The van der Waals surface area contributed by atoms with Gasteiger partial charge in [-0.25, -0.2) is 13.1 Å². The Bertz CT molecular complexity index is 1100. The fourth-order valence-electron chi connectivity index (χ4n) is 3.25. The molecule has 3 rings (SSSR count). The van der Waals surface area contributed by atoms with Gasteiger partial charge in [-0.1, -0.05) is 70.7 Å². The van der Waals surface area contributed by atoms with Crippen molar-refractivity contribution in [3.63, 3.8) is 0 Å². The summed E-state index contributed by atoms with van der Waals surface area (Å²) >= 11 is 24.0. The molecular formula is C22H19Cl4NO2S. The van der Waals surface area contributed by atoms with E-state index in [4.69, 9.17) is 46.4 Å². The Hall–Kier alpha value is -1.27. The zero-order valence-electron chi connectivity index (χ0n) is 15.9. The molecule has 0 saturated heterocycles. The molecule has 0 heterocycles. The van der Waals surface area contributed by atoms with E-state index in [-0.39, 0.29) is 20.9 Å². The summed E-state index contributed by atoms with van der Waals surface area (Å²) in [5.74, 6) is -0.145. The lowest BCUT2D eigenvalue weighted by Crippen LogP contribution is -2.37. The summed E-state index contributed by atoms with van der Waals surface area (Å²) in [5.41, 5.74) is 2.00. The van der Waals surface area contributed by atoms with Crippen LogP contribution < -0.4 is 4.72 Å². The first-order chi connectivity index (χ1) is 14.1. The maximum atomic E-state index is 13.0. The minimum Gasteiger partial charge on any atom is -0.208 e. The second kappa shape index (κ2) is 9.90. The minimum absolute atomic E-state index is 0.0215. The molecule has 0 bridgehead atoms. The van der Waals surface area contributed by atoms with Crippen LogP contribution in [-0.4, -0.2) is 14.5 Å². The summed E-state index contributed by atoms with van der Waals surface area (Å²) in [6.07, 6.45) is 0.610. The fourth-order valence-corrected chi connectivity index (χ4v) is 5.51. The number of benzene rings is 3. The lowest BCUT2D eigenvalue weighted by atomic mass is 9.87. The summed E-state index contributed by atoms with van der Waals surface area (Å²) in [4.78, 5) is 0.0215. The molecule has 0 aliphatic carbocycles. The van der Waals surface area contributed by atoms with Crippen molar-refractivity contribution in [2.24, 2.45) is 0 Å². The van der Waals surface area contributed by atoms with Crippen molar-refractivity contribution in [2.75, 3.05) is 0 Å². The number of halogens is 4. The van der Waals surface area contributed by atoms with E-state index in [1.54, 1.807) is 12.1 Å². The molecule has 2 atom stereocenters. The van der Waals surface area contributed by atoms with E-state index in [2.05, 4.69) is 4.72 Å². The van der Waals surface area contributed by atoms with Gasteiger partial charge in [-0.15, -0.1) is 0 Å². The van der Waals surface area contributed by atoms with Gasteiger partial charge in [0.1, 0.15) is 0 Å². The van der Waals surface area contributed by atoms with Gasteiger partial charge in [0, 0.05) is 32.1 Å². The molecule has 1 N–H and O–H groups in total. The summed E-state index contributed by atoms with van der Waals surface area (Å²) in [6, 6.07) is 18.7. The van der Waals surface area contributed by atoms with Gasteiger partial charge in [0.25, 0.3) is 0 Å². The van der Waals surface area contributed by atoms with Crippen molar-refractivity contribution < 1.29 is 8.42 Å². The third-order valence-electron chi connectivity index (χ3n) is 4.76. The van der Waals surface area contributed by atoms with Crippen LogP contribution in [0.25, 0.3) is 0 Å². The molecule has 0 aliphatic heterocycles. The maximum Gasteiger partial charge on any atom is 0.240 e. The van der Waals surface area contributed by atoms with Crippen LogP contribution in [0.4, 0.5) is 0 Å². The number of rotatable bonds is 7. The van der Waals surface area contributed by atoms with Crippen LogP contribution >= 0.6 is 46.4 Å². The highest BCUT2D eigenvalue weighted by atomic mass is 35.5. The van der Waals surface area contributed by atoms with Crippen LogP contribution in [0.3, 0.4) is 0 Å². The normalized spacial score (nSPS) is 13.8. The van der Waals surface area contributed by atoms with E-state index < -0.39 is 16.1 Å². The largest absolute Gasteiger partial charge is 0.240 e. The average Bonchev–Trinajstić information content (AvgIpc) is 2.67. The SMILES string of the molecule is CC(NS(=O)(=O)c1cc(Cl)cc(Cl)c1)C(Cc1ccc(Cl)cc1)c1ccc(Cl)cc1. The molecule has 3 aromatic rings. The molecule has 8 heteroatoms. The monoisotopic (exact) mass is 501 g/mol. The van der Waals surface area contributed by atoms with Gasteiger partial charge < -0.3 is 0 Å². The molecule has 0 fully saturated rings. The van der Waals surface area contributed by atoms with Crippen molar-refractivity contribution in [2.45, 2.75) is 30.2 Å². The number of nitrogens with one attached hydrogen (secondary N) is 1. The van der Waals surface area contributed by atoms with Crippen molar-refractivity contribution in [3.8, 4) is 0 Å². The molecule has 0 radical (unpaired) electrons. The van der Waals surface area contributed by atoms with E-state index in [1.165, 1.54) is 18.2 Å². The first kappa shape index (κ1) is 23.4. The van der Waals surface area contributed by atoms with Gasteiger partial charge in [0.2, 0.25) is 10.0 Å². The number of sulfonamides is 1.